The van der Waals surface area contributed by atoms with E-state index in [9.17, 15) is 9.90 Å². The van der Waals surface area contributed by atoms with Crippen molar-refractivity contribution in [3.05, 3.63) is 0 Å². The summed E-state index contributed by atoms with van der Waals surface area (Å²) in [6, 6.07) is 0. The molecule has 0 saturated heterocycles. The predicted octanol–water partition coefficient (Wildman–Crippen LogP) is 4.86. The van der Waals surface area contributed by atoms with Gasteiger partial charge in [0.05, 0.1) is 19.6 Å². The third kappa shape index (κ3) is 15.6. The maximum Gasteiger partial charge on any atom is 0.308 e. The Labute approximate surface area is 131 Å². The van der Waals surface area contributed by atoms with E-state index in [4.69, 9.17) is 0 Å². The Morgan fingerprint density at radius 2 is 1.29 bits per heavy atom. The summed E-state index contributed by atoms with van der Waals surface area (Å²) in [5.41, 5.74) is 0. The maximum absolute atomic E-state index is 11.0. The average Bonchev–Trinajstić information content (AvgIpc) is 2.44. The molecule has 0 radical (unpaired) electrons. The van der Waals surface area contributed by atoms with Crippen LogP contribution >= 0.6 is 0 Å². The van der Waals surface area contributed by atoms with Gasteiger partial charge in [0, 0.05) is 0 Å². The van der Waals surface area contributed by atoms with Gasteiger partial charge in [-0.1, -0.05) is 78.1 Å². The van der Waals surface area contributed by atoms with Gasteiger partial charge >= 0.3 is 5.97 Å². The van der Waals surface area contributed by atoms with Crippen molar-refractivity contribution in [2.24, 2.45) is 5.92 Å². The van der Waals surface area contributed by atoms with Crippen LogP contribution in [-0.4, -0.2) is 24.3 Å². The molecule has 0 heterocycles. The highest BCUT2D eigenvalue weighted by molar-refractivity contribution is 5.69. The van der Waals surface area contributed by atoms with Gasteiger partial charge in [0.25, 0.3) is 0 Å². The van der Waals surface area contributed by atoms with Crippen LogP contribution in [0.3, 0.4) is 0 Å². The molecule has 0 bridgehead atoms. The monoisotopic (exact) mass is 300 g/mol. The molecule has 0 aromatic rings. The Hall–Kier alpha value is -0.570. The van der Waals surface area contributed by atoms with E-state index in [1.165, 1.54) is 58.5 Å². The molecule has 1 unspecified atom stereocenters. The number of esters is 1. The molecule has 3 heteroatoms. The summed E-state index contributed by atoms with van der Waals surface area (Å²) >= 11 is 0. The van der Waals surface area contributed by atoms with Crippen LogP contribution < -0.4 is 0 Å². The average molecular weight is 300 g/mol. The summed E-state index contributed by atoms with van der Waals surface area (Å²) in [6.45, 7) is 4.59. The Bertz CT molecular complexity index is 239. The minimum absolute atomic E-state index is 0.132. The molecule has 1 N–H and O–H groups in total. The molecule has 21 heavy (non-hydrogen) atoms. The molecular formula is C18H36O3. The number of unbranched alkanes of at least 4 members (excludes halogenated alkanes) is 8. The van der Waals surface area contributed by atoms with Crippen LogP contribution in [0.4, 0.5) is 0 Å². The molecule has 0 fully saturated rings. The zero-order chi connectivity index (χ0) is 15.9. The molecule has 3 nitrogen and oxygen atoms in total. The van der Waals surface area contributed by atoms with Crippen molar-refractivity contribution in [2.75, 3.05) is 7.11 Å². The van der Waals surface area contributed by atoms with Gasteiger partial charge in [0.2, 0.25) is 0 Å². The number of hydrogen-bond acceptors (Lipinski definition) is 3. The van der Waals surface area contributed by atoms with E-state index >= 15 is 0 Å². The van der Waals surface area contributed by atoms with E-state index in [0.717, 1.165) is 18.8 Å². The zero-order valence-corrected chi connectivity index (χ0v) is 14.4. The van der Waals surface area contributed by atoms with Gasteiger partial charge in [-0.15, -0.1) is 0 Å². The maximum atomic E-state index is 11.0. The van der Waals surface area contributed by atoms with Crippen molar-refractivity contribution < 1.29 is 14.6 Å². The van der Waals surface area contributed by atoms with Gasteiger partial charge in [-0.3, -0.25) is 4.79 Å². The molecule has 0 aliphatic heterocycles. The molecule has 0 aliphatic carbocycles. The first-order valence-electron chi connectivity index (χ1n) is 8.81. The largest absolute Gasteiger partial charge is 0.469 e. The third-order valence-corrected chi connectivity index (χ3v) is 3.95. The van der Waals surface area contributed by atoms with Crippen molar-refractivity contribution in [1.29, 1.82) is 0 Å². The number of aliphatic hydroxyl groups is 1. The van der Waals surface area contributed by atoms with Crippen LogP contribution in [0, 0.1) is 5.92 Å². The Balaban J connectivity index is 3.17. The minimum atomic E-state index is -0.529. The van der Waals surface area contributed by atoms with Gasteiger partial charge in [0.15, 0.2) is 0 Å². The molecule has 0 aromatic carbocycles. The number of carbonyl (C=O) groups excluding carboxylic acids is 1. The van der Waals surface area contributed by atoms with E-state index in [-0.39, 0.29) is 12.4 Å². The van der Waals surface area contributed by atoms with Gasteiger partial charge in [-0.2, -0.15) is 0 Å². The van der Waals surface area contributed by atoms with E-state index in [2.05, 4.69) is 18.6 Å². The molecule has 0 saturated carbocycles. The number of ether oxygens (including phenoxy) is 1. The standard InChI is InChI=1S/C18H36O3/c1-16(2)13-11-9-7-5-4-6-8-10-12-14-17(19)15-18(20)21-3/h16-17,19H,4-15H2,1-3H3. The fourth-order valence-corrected chi connectivity index (χ4v) is 2.55. The van der Waals surface area contributed by atoms with E-state index in [1.807, 2.05) is 0 Å². The fraction of sp³-hybridized carbons (Fsp3) is 0.944. The summed E-state index contributed by atoms with van der Waals surface area (Å²) in [7, 11) is 1.36. The summed E-state index contributed by atoms with van der Waals surface area (Å²) in [6.07, 6.45) is 13.3. The lowest BCUT2D eigenvalue weighted by Gasteiger charge is -2.08. The topological polar surface area (TPSA) is 46.5 Å². The van der Waals surface area contributed by atoms with Crippen molar-refractivity contribution in [3.8, 4) is 0 Å². The highest BCUT2D eigenvalue weighted by atomic mass is 16.5. The molecule has 126 valence electrons. The van der Waals surface area contributed by atoms with Crippen LogP contribution in [0.25, 0.3) is 0 Å². The fourth-order valence-electron chi connectivity index (χ4n) is 2.55. The molecule has 0 spiro atoms. The van der Waals surface area contributed by atoms with Gasteiger partial charge in [-0.05, 0) is 12.3 Å². The summed E-state index contributed by atoms with van der Waals surface area (Å²) in [4.78, 5) is 11.0. The lowest BCUT2D eigenvalue weighted by atomic mass is 10.0. The van der Waals surface area contributed by atoms with Crippen molar-refractivity contribution in [3.63, 3.8) is 0 Å². The summed E-state index contributed by atoms with van der Waals surface area (Å²) in [5.74, 6) is 0.527. The highest BCUT2D eigenvalue weighted by Gasteiger charge is 2.09. The van der Waals surface area contributed by atoms with Gasteiger partial charge < -0.3 is 9.84 Å². The van der Waals surface area contributed by atoms with E-state index < -0.39 is 6.10 Å². The Kier molecular flexibility index (Phi) is 14.0. The second-order valence-corrected chi connectivity index (χ2v) is 6.59. The van der Waals surface area contributed by atoms with Crippen LogP contribution in [-0.2, 0) is 9.53 Å². The van der Waals surface area contributed by atoms with Crippen molar-refractivity contribution >= 4 is 5.97 Å². The van der Waals surface area contributed by atoms with Crippen molar-refractivity contribution in [1.82, 2.24) is 0 Å². The molecule has 0 aromatic heterocycles. The second kappa shape index (κ2) is 14.4. The lowest BCUT2D eigenvalue weighted by Crippen LogP contribution is -2.14. The third-order valence-electron chi connectivity index (χ3n) is 3.95. The smallest absolute Gasteiger partial charge is 0.308 e. The first-order chi connectivity index (χ1) is 10.1. The number of rotatable bonds is 14. The van der Waals surface area contributed by atoms with Gasteiger partial charge in [0.1, 0.15) is 0 Å². The Morgan fingerprint density at radius 3 is 1.71 bits per heavy atom. The molecule has 0 aliphatic rings. The predicted molar refractivity (Wildman–Crippen MR) is 88.3 cm³/mol. The second-order valence-electron chi connectivity index (χ2n) is 6.59. The summed E-state index contributed by atoms with van der Waals surface area (Å²) in [5, 5.41) is 9.61. The first-order valence-corrected chi connectivity index (χ1v) is 8.81. The highest BCUT2D eigenvalue weighted by Crippen LogP contribution is 2.14. The first kappa shape index (κ1) is 20.4. The Morgan fingerprint density at radius 1 is 0.857 bits per heavy atom. The normalized spacial score (nSPS) is 12.6. The SMILES string of the molecule is COC(=O)CC(O)CCCCCCCCCCCC(C)C. The van der Waals surface area contributed by atoms with Crippen LogP contribution in [0.2, 0.25) is 0 Å². The molecular weight excluding hydrogens is 264 g/mol. The molecule has 1 atom stereocenters. The van der Waals surface area contributed by atoms with Crippen molar-refractivity contribution in [2.45, 2.75) is 97.0 Å². The van der Waals surface area contributed by atoms with Crippen LogP contribution in [0.5, 0.6) is 0 Å². The quantitative estimate of drug-likeness (QED) is 0.368. The van der Waals surface area contributed by atoms with E-state index in [1.54, 1.807) is 0 Å². The zero-order valence-electron chi connectivity index (χ0n) is 14.4. The number of aliphatic hydroxyl groups excluding tert-OH is 1. The van der Waals surface area contributed by atoms with Crippen LogP contribution in [0.15, 0.2) is 0 Å². The van der Waals surface area contributed by atoms with Gasteiger partial charge in [-0.25, -0.2) is 0 Å². The minimum Gasteiger partial charge on any atom is -0.469 e. The van der Waals surface area contributed by atoms with E-state index in [0.29, 0.717) is 6.42 Å². The molecule has 0 rings (SSSR count). The number of carbonyl (C=O) groups is 1. The summed E-state index contributed by atoms with van der Waals surface area (Å²) < 4.78 is 4.53. The molecule has 0 amide bonds. The number of hydrogen-bond donors (Lipinski definition) is 1. The van der Waals surface area contributed by atoms with Crippen LogP contribution in [0.1, 0.15) is 90.9 Å². The lowest BCUT2D eigenvalue weighted by molar-refractivity contribution is -0.142. The number of methoxy groups -OCH3 is 1.